The van der Waals surface area contributed by atoms with Crippen molar-refractivity contribution in [2.45, 2.75) is 26.9 Å². The highest BCUT2D eigenvalue weighted by Gasteiger charge is 2.09. The van der Waals surface area contributed by atoms with Gasteiger partial charge in [0.15, 0.2) is 5.96 Å². The Bertz CT molecular complexity index is 402. The van der Waals surface area contributed by atoms with Crippen molar-refractivity contribution in [3.05, 3.63) is 0 Å². The molecule has 1 saturated heterocycles. The lowest BCUT2D eigenvalue weighted by Crippen LogP contribution is -2.45. The summed E-state index contributed by atoms with van der Waals surface area (Å²) in [7, 11) is 1.87. The summed E-state index contributed by atoms with van der Waals surface area (Å²) in [6.07, 6.45) is 1.69. The molecule has 1 unspecified atom stereocenters. The van der Waals surface area contributed by atoms with Gasteiger partial charge in [-0.15, -0.1) is 0 Å². The Balaban J connectivity index is 2.36. The molecule has 8 nitrogen and oxygen atoms in total. The summed E-state index contributed by atoms with van der Waals surface area (Å²) in [4.78, 5) is 11.0. The van der Waals surface area contributed by atoms with Crippen LogP contribution in [0.2, 0.25) is 0 Å². The van der Waals surface area contributed by atoms with E-state index in [4.69, 9.17) is 10.5 Å². The predicted octanol–water partition coefficient (Wildman–Crippen LogP) is -0.0752. The van der Waals surface area contributed by atoms with Crippen LogP contribution in [-0.2, 0) is 4.74 Å². The molecular formula is C14H29N7O. The van der Waals surface area contributed by atoms with Crippen molar-refractivity contribution in [2.24, 2.45) is 20.8 Å². The molecule has 0 aliphatic carbocycles. The lowest BCUT2D eigenvalue weighted by molar-refractivity contribution is 0.0394. The second-order valence-electron chi connectivity index (χ2n) is 5.15. The molecule has 0 radical (unpaired) electrons. The minimum absolute atomic E-state index is 0.0406. The third-order valence-electron chi connectivity index (χ3n) is 3.36. The average molecular weight is 311 g/mol. The van der Waals surface area contributed by atoms with Crippen LogP contribution in [0.5, 0.6) is 0 Å². The zero-order chi connectivity index (χ0) is 16.4. The highest BCUT2D eigenvalue weighted by Crippen LogP contribution is 1.96. The zero-order valence-electron chi connectivity index (χ0n) is 14.1. The molecule has 1 atom stereocenters. The molecule has 0 spiro atoms. The maximum atomic E-state index is 5.88. The van der Waals surface area contributed by atoms with Gasteiger partial charge in [0, 0.05) is 32.9 Å². The van der Waals surface area contributed by atoms with Crippen LogP contribution in [0.3, 0.4) is 0 Å². The Morgan fingerprint density at radius 1 is 1.45 bits per heavy atom. The fourth-order valence-electron chi connectivity index (χ4n) is 2.01. The van der Waals surface area contributed by atoms with E-state index >= 15 is 0 Å². The summed E-state index contributed by atoms with van der Waals surface area (Å²) in [6, 6.07) is 0. The van der Waals surface area contributed by atoms with E-state index in [2.05, 4.69) is 25.3 Å². The van der Waals surface area contributed by atoms with Crippen molar-refractivity contribution < 1.29 is 4.74 Å². The number of nitrogens with zero attached hydrogens (tertiary/aromatic N) is 5. The number of rotatable bonds is 6. The van der Waals surface area contributed by atoms with Crippen LogP contribution in [0.4, 0.5) is 0 Å². The third kappa shape index (κ3) is 7.37. The Hall–Kier alpha value is -1.67. The summed E-state index contributed by atoms with van der Waals surface area (Å²) < 4.78 is 5.32. The van der Waals surface area contributed by atoms with Crippen molar-refractivity contribution in [1.82, 2.24) is 15.2 Å². The van der Waals surface area contributed by atoms with E-state index in [1.165, 1.54) is 0 Å². The molecule has 0 saturated carbocycles. The fraction of sp³-hybridized carbons (Fsp3) is 0.786. The van der Waals surface area contributed by atoms with Gasteiger partial charge in [-0.3, -0.25) is 14.9 Å². The largest absolute Gasteiger partial charge is 0.379 e. The maximum absolute atomic E-state index is 5.88. The molecule has 0 bridgehead atoms. The Kier molecular flexibility index (Phi) is 8.46. The van der Waals surface area contributed by atoms with E-state index in [0.29, 0.717) is 11.8 Å². The van der Waals surface area contributed by atoms with E-state index < -0.39 is 0 Å². The summed E-state index contributed by atoms with van der Waals surface area (Å²) in [6.45, 7) is 10.9. The molecule has 1 rings (SSSR count). The van der Waals surface area contributed by atoms with Gasteiger partial charge in [0.1, 0.15) is 12.0 Å². The van der Waals surface area contributed by atoms with Crippen molar-refractivity contribution >= 4 is 18.0 Å². The van der Waals surface area contributed by atoms with Crippen LogP contribution >= 0.6 is 0 Å². The number of nitrogens with two attached hydrogens (primary N) is 1. The number of morpholine rings is 1. The van der Waals surface area contributed by atoms with Crippen LogP contribution in [0.15, 0.2) is 15.1 Å². The van der Waals surface area contributed by atoms with Gasteiger partial charge in [-0.1, -0.05) is 0 Å². The number of amidine groups is 1. The molecule has 1 aliphatic rings. The van der Waals surface area contributed by atoms with E-state index in [1.54, 1.807) is 11.2 Å². The molecule has 0 aromatic rings. The quantitative estimate of drug-likeness (QED) is 0.310. The van der Waals surface area contributed by atoms with Crippen LogP contribution in [0.1, 0.15) is 20.8 Å². The second kappa shape index (κ2) is 10.1. The molecule has 8 heteroatoms. The maximum Gasteiger partial charge on any atom is 0.196 e. The van der Waals surface area contributed by atoms with Crippen molar-refractivity contribution in [1.29, 1.82) is 0 Å². The topological polar surface area (TPSA) is 90.8 Å². The number of guanidine groups is 1. The molecule has 0 aromatic heterocycles. The number of hydrogen-bond donors (Lipinski definition) is 2. The molecule has 1 heterocycles. The third-order valence-corrected chi connectivity index (χ3v) is 3.36. The number of nitrogens with one attached hydrogen (secondary N) is 1. The molecule has 22 heavy (non-hydrogen) atoms. The van der Waals surface area contributed by atoms with Crippen LogP contribution in [0, 0.1) is 0 Å². The number of hydrazone groups is 1. The molecule has 3 N–H and O–H groups in total. The van der Waals surface area contributed by atoms with Gasteiger partial charge in [0.05, 0.1) is 19.8 Å². The minimum Gasteiger partial charge on any atom is -0.379 e. The van der Waals surface area contributed by atoms with Crippen LogP contribution < -0.4 is 11.1 Å². The highest BCUT2D eigenvalue weighted by molar-refractivity contribution is 5.94. The molecule has 0 aromatic carbocycles. The second-order valence-corrected chi connectivity index (χ2v) is 5.15. The van der Waals surface area contributed by atoms with Gasteiger partial charge >= 0.3 is 0 Å². The summed E-state index contributed by atoms with van der Waals surface area (Å²) in [5.41, 5.74) is 5.88. The first kappa shape index (κ1) is 18.4. The standard InChI is InChI=1S/C14H29N7O/c1-5-17-20(4)13(3)19-14(15)18-12(2)16-6-7-21-8-10-22-11-9-21/h5,13H,6-11H2,1-4H3,(H3,15,16,18,19)/b17-5-. The summed E-state index contributed by atoms with van der Waals surface area (Å²) in [5.74, 6) is 1.02. The SMILES string of the molecule is C/C=N\N(C)C(C)NC(N)=NC(C)=NCCN1CCOCC1. The Morgan fingerprint density at radius 3 is 2.77 bits per heavy atom. The molecule has 0 amide bonds. The monoisotopic (exact) mass is 311 g/mol. The average Bonchev–Trinajstić information content (AvgIpc) is 2.48. The minimum atomic E-state index is -0.0406. The normalized spacial score (nSPS) is 19.5. The van der Waals surface area contributed by atoms with Crippen molar-refractivity contribution in [3.63, 3.8) is 0 Å². The van der Waals surface area contributed by atoms with E-state index in [9.17, 15) is 0 Å². The van der Waals surface area contributed by atoms with Gasteiger partial charge in [-0.2, -0.15) is 5.10 Å². The molecule has 126 valence electrons. The zero-order valence-corrected chi connectivity index (χ0v) is 14.1. The molecule has 1 aliphatic heterocycles. The number of ether oxygens (including phenoxy) is 1. The van der Waals surface area contributed by atoms with Crippen LogP contribution in [-0.4, -0.2) is 80.5 Å². The van der Waals surface area contributed by atoms with Gasteiger partial charge in [-0.05, 0) is 20.8 Å². The van der Waals surface area contributed by atoms with E-state index in [1.807, 2.05) is 27.8 Å². The Morgan fingerprint density at radius 2 is 2.14 bits per heavy atom. The van der Waals surface area contributed by atoms with Gasteiger partial charge in [-0.25, -0.2) is 4.99 Å². The Labute approximate surface area is 133 Å². The number of hydrogen-bond acceptors (Lipinski definition) is 5. The van der Waals surface area contributed by atoms with Crippen LogP contribution in [0.25, 0.3) is 0 Å². The van der Waals surface area contributed by atoms with E-state index in [0.717, 1.165) is 39.4 Å². The lowest BCUT2D eigenvalue weighted by atomic mass is 10.4. The first-order valence-electron chi connectivity index (χ1n) is 7.66. The first-order chi connectivity index (χ1) is 10.5. The molecular weight excluding hydrogens is 282 g/mol. The lowest BCUT2D eigenvalue weighted by Gasteiger charge is -2.25. The summed E-state index contributed by atoms with van der Waals surface area (Å²) in [5, 5.41) is 8.99. The van der Waals surface area contributed by atoms with Gasteiger partial charge in [0.25, 0.3) is 0 Å². The van der Waals surface area contributed by atoms with Gasteiger partial charge in [0.2, 0.25) is 0 Å². The first-order valence-corrected chi connectivity index (χ1v) is 7.66. The fourth-order valence-corrected chi connectivity index (χ4v) is 2.01. The van der Waals surface area contributed by atoms with E-state index in [-0.39, 0.29) is 6.17 Å². The molecule has 1 fully saturated rings. The van der Waals surface area contributed by atoms with Crippen molar-refractivity contribution in [3.8, 4) is 0 Å². The smallest absolute Gasteiger partial charge is 0.196 e. The van der Waals surface area contributed by atoms with Crippen molar-refractivity contribution in [2.75, 3.05) is 46.4 Å². The van der Waals surface area contributed by atoms with Gasteiger partial charge < -0.3 is 15.8 Å². The number of aliphatic imine (C=N–C) groups is 2. The summed E-state index contributed by atoms with van der Waals surface area (Å²) >= 11 is 0. The predicted molar refractivity (Wildman–Crippen MR) is 91.4 cm³/mol. The highest BCUT2D eigenvalue weighted by atomic mass is 16.5.